The molecular weight excluding hydrogens is 490 g/mol. The molecule has 1 unspecified atom stereocenters. The van der Waals surface area contributed by atoms with E-state index >= 15 is 0 Å². The average molecular weight is 522 g/mol. The maximum absolute atomic E-state index is 13.6. The first-order chi connectivity index (χ1) is 17.8. The number of benzene rings is 2. The Morgan fingerprint density at radius 1 is 1.11 bits per heavy atom. The summed E-state index contributed by atoms with van der Waals surface area (Å²) >= 11 is 1.42. The summed E-state index contributed by atoms with van der Waals surface area (Å²) in [5.41, 5.74) is 3.25. The summed E-state index contributed by atoms with van der Waals surface area (Å²) in [6.45, 7) is 5.76. The van der Waals surface area contributed by atoms with Gasteiger partial charge in [-0.1, -0.05) is 42.1 Å². The van der Waals surface area contributed by atoms with E-state index in [1.807, 2.05) is 60.6 Å². The Morgan fingerprint density at radius 3 is 2.54 bits per heavy atom. The molecule has 0 saturated carbocycles. The molecule has 194 valence electrons. The zero-order chi connectivity index (χ0) is 26.5. The van der Waals surface area contributed by atoms with Crippen molar-refractivity contribution < 1.29 is 23.8 Å². The Morgan fingerprint density at radius 2 is 1.86 bits per heavy atom. The van der Waals surface area contributed by atoms with Crippen molar-refractivity contribution in [3.8, 4) is 11.5 Å². The van der Waals surface area contributed by atoms with Crippen molar-refractivity contribution in [2.45, 2.75) is 45.9 Å². The van der Waals surface area contributed by atoms with E-state index < -0.39 is 12.0 Å². The van der Waals surface area contributed by atoms with Crippen molar-refractivity contribution in [2.75, 3.05) is 14.2 Å². The van der Waals surface area contributed by atoms with Crippen molar-refractivity contribution in [3.63, 3.8) is 0 Å². The minimum Gasteiger partial charge on any atom is -0.497 e. The van der Waals surface area contributed by atoms with Crippen molar-refractivity contribution >= 4 is 28.8 Å². The largest absolute Gasteiger partial charge is 0.497 e. The van der Waals surface area contributed by atoms with E-state index in [-0.39, 0.29) is 25.0 Å². The highest BCUT2D eigenvalue weighted by Crippen LogP contribution is 2.47. The van der Waals surface area contributed by atoms with Crippen molar-refractivity contribution in [1.82, 2.24) is 10.2 Å². The highest BCUT2D eigenvalue weighted by molar-refractivity contribution is 8.16. The predicted molar refractivity (Wildman–Crippen MR) is 144 cm³/mol. The van der Waals surface area contributed by atoms with Crippen LogP contribution < -0.4 is 14.8 Å². The van der Waals surface area contributed by atoms with Crippen molar-refractivity contribution in [1.29, 1.82) is 0 Å². The molecule has 4 rings (SSSR count). The number of carbonyl (C=O) groups is 2. The molecule has 1 amide bonds. The second kappa shape index (κ2) is 11.6. The molecule has 0 aliphatic carbocycles. The molecule has 2 aliphatic rings. The van der Waals surface area contributed by atoms with Crippen LogP contribution in [0.25, 0.3) is 0 Å². The third kappa shape index (κ3) is 5.83. The summed E-state index contributed by atoms with van der Waals surface area (Å²) in [5, 5.41) is 5.52. The number of thioether (sulfide) groups is 1. The number of ether oxygens (including phenoxy) is 3. The molecule has 1 N–H and O–H groups in total. The number of rotatable bonds is 9. The van der Waals surface area contributed by atoms with E-state index in [1.54, 1.807) is 33.3 Å². The lowest BCUT2D eigenvalue weighted by atomic mass is 9.92. The molecule has 0 fully saturated rings. The minimum absolute atomic E-state index is 0.0107. The number of amidine groups is 1. The van der Waals surface area contributed by atoms with Crippen LogP contribution in [-0.2, 0) is 20.9 Å². The van der Waals surface area contributed by atoms with Gasteiger partial charge >= 0.3 is 5.97 Å². The van der Waals surface area contributed by atoms with E-state index in [9.17, 15) is 9.59 Å². The average Bonchev–Trinajstić information content (AvgIpc) is 3.27. The third-order valence-corrected chi connectivity index (χ3v) is 6.84. The van der Waals surface area contributed by atoms with E-state index in [0.717, 1.165) is 11.3 Å². The smallest absolute Gasteiger partial charge is 0.338 e. The quantitative estimate of drug-likeness (QED) is 0.468. The first kappa shape index (κ1) is 26.3. The zero-order valence-corrected chi connectivity index (χ0v) is 22.4. The van der Waals surface area contributed by atoms with Gasteiger partial charge in [0.25, 0.3) is 0 Å². The number of aliphatic imine (C=N–C) groups is 1. The van der Waals surface area contributed by atoms with Gasteiger partial charge in [0.15, 0.2) is 5.17 Å². The lowest BCUT2D eigenvalue weighted by Gasteiger charge is -2.37. The Bertz CT molecular complexity index is 1270. The minimum atomic E-state index is -0.631. The molecule has 2 aromatic rings. The fraction of sp³-hybridized carbons (Fsp3) is 0.321. The second-order valence-electron chi connectivity index (χ2n) is 8.96. The van der Waals surface area contributed by atoms with Crippen LogP contribution in [-0.4, -0.2) is 42.2 Å². The number of esters is 1. The van der Waals surface area contributed by atoms with Crippen LogP contribution in [0.3, 0.4) is 0 Å². The van der Waals surface area contributed by atoms with E-state index in [0.29, 0.717) is 33.5 Å². The number of methoxy groups -OCH3 is 2. The number of nitrogens with one attached hydrogen (secondary N) is 1. The Balaban J connectivity index is 1.76. The number of amides is 1. The van der Waals surface area contributed by atoms with Crippen LogP contribution >= 0.6 is 11.8 Å². The number of hydrogen-bond donors (Lipinski definition) is 1. The van der Waals surface area contributed by atoms with Crippen molar-refractivity contribution in [2.24, 2.45) is 4.99 Å². The monoisotopic (exact) mass is 521 g/mol. The Kier molecular flexibility index (Phi) is 8.23. The van der Waals surface area contributed by atoms with Gasteiger partial charge in [0.2, 0.25) is 5.91 Å². The first-order valence-electron chi connectivity index (χ1n) is 12.0. The molecule has 37 heavy (non-hydrogen) atoms. The second-order valence-corrected chi connectivity index (χ2v) is 9.80. The molecule has 9 heteroatoms. The summed E-state index contributed by atoms with van der Waals surface area (Å²) in [6.07, 6.45) is 0.137. The van der Waals surface area contributed by atoms with Gasteiger partial charge in [0, 0.05) is 17.3 Å². The molecule has 0 aromatic heterocycles. The topological polar surface area (TPSA) is 89.5 Å². The van der Waals surface area contributed by atoms with Gasteiger partial charge in [0.1, 0.15) is 18.1 Å². The number of fused-ring (bicyclic) bond motifs is 1. The summed E-state index contributed by atoms with van der Waals surface area (Å²) < 4.78 is 17.0. The number of nitrogens with zero attached hydrogens (tertiary/aromatic N) is 2. The number of carbonyl (C=O) groups excluding carboxylic acids is 2. The molecular formula is C28H31N3O5S. The fourth-order valence-corrected chi connectivity index (χ4v) is 5.28. The van der Waals surface area contributed by atoms with E-state index in [1.165, 1.54) is 11.8 Å². The lowest BCUT2D eigenvalue weighted by Crippen LogP contribution is -2.39. The summed E-state index contributed by atoms with van der Waals surface area (Å²) in [4.78, 5) is 33.0. The number of allylic oxidation sites excluding steroid dienone is 1. The molecule has 2 aliphatic heterocycles. The standard InChI is InChI=1S/C28H31N3O5S/c1-17(2)29-24(32)13-20-16-37-28-30-18(3)25(27(33)36-15-19-9-7-6-8-10-19)26(31(20)28)22-14-21(34-4)11-12-23(22)35-5/h6-12,14,16-17,26H,13,15H2,1-5H3,(H,29,32). The van der Waals surface area contributed by atoms with Crippen LogP contribution in [0.15, 0.2) is 75.9 Å². The summed E-state index contributed by atoms with van der Waals surface area (Å²) in [5.74, 6) is 0.599. The van der Waals surface area contributed by atoms with Gasteiger partial charge in [0.05, 0.1) is 38.0 Å². The van der Waals surface area contributed by atoms with Crippen LogP contribution in [0.2, 0.25) is 0 Å². The highest BCUT2D eigenvalue weighted by Gasteiger charge is 2.42. The molecule has 8 nitrogen and oxygen atoms in total. The molecule has 0 radical (unpaired) electrons. The summed E-state index contributed by atoms with van der Waals surface area (Å²) in [6, 6.07) is 14.3. The fourth-order valence-electron chi connectivity index (χ4n) is 4.32. The summed E-state index contributed by atoms with van der Waals surface area (Å²) in [7, 11) is 3.17. The number of hydrogen-bond acceptors (Lipinski definition) is 8. The van der Waals surface area contributed by atoms with Gasteiger partial charge in [-0.2, -0.15) is 0 Å². The first-order valence-corrected chi connectivity index (χ1v) is 12.9. The van der Waals surface area contributed by atoms with E-state index in [2.05, 4.69) is 5.32 Å². The van der Waals surface area contributed by atoms with Crippen molar-refractivity contribution in [3.05, 3.63) is 82.0 Å². The van der Waals surface area contributed by atoms with Gasteiger partial charge in [-0.25, -0.2) is 9.79 Å². The Labute approximate surface area is 221 Å². The van der Waals surface area contributed by atoms with Gasteiger partial charge < -0.3 is 24.4 Å². The van der Waals surface area contributed by atoms with Gasteiger partial charge in [-0.3, -0.25) is 4.79 Å². The molecule has 2 heterocycles. The molecule has 0 saturated heterocycles. The van der Waals surface area contributed by atoms with Gasteiger partial charge in [-0.15, -0.1) is 0 Å². The SMILES string of the molecule is COc1ccc(OC)c(C2C(C(=O)OCc3ccccc3)=C(C)N=C3SC=C(CC(=O)NC(C)C)N32)c1. The van der Waals surface area contributed by atoms with Crippen LogP contribution in [0.5, 0.6) is 11.5 Å². The highest BCUT2D eigenvalue weighted by atomic mass is 32.2. The zero-order valence-electron chi connectivity index (χ0n) is 21.6. The van der Waals surface area contributed by atoms with E-state index in [4.69, 9.17) is 19.2 Å². The maximum Gasteiger partial charge on any atom is 0.338 e. The molecule has 2 aromatic carbocycles. The van der Waals surface area contributed by atoms with Gasteiger partial charge in [-0.05, 0) is 49.9 Å². The van der Waals surface area contributed by atoms with Crippen LogP contribution in [0, 0.1) is 0 Å². The maximum atomic E-state index is 13.6. The molecule has 1 atom stereocenters. The normalized spacial score (nSPS) is 16.7. The van der Waals surface area contributed by atoms with Crippen LogP contribution in [0.4, 0.5) is 0 Å². The lowest BCUT2D eigenvalue weighted by molar-refractivity contribution is -0.141. The Hall–Kier alpha value is -3.72. The predicted octanol–water partition coefficient (Wildman–Crippen LogP) is 4.94. The van der Waals surface area contributed by atoms with Crippen LogP contribution in [0.1, 0.15) is 44.4 Å². The molecule has 0 bridgehead atoms. The third-order valence-electron chi connectivity index (χ3n) is 5.96. The molecule has 0 spiro atoms.